The molecule has 0 bridgehead atoms. The topological polar surface area (TPSA) is 97.1 Å². The molecule has 2 rings (SSSR count). The second kappa shape index (κ2) is 6.99. The summed E-state index contributed by atoms with van der Waals surface area (Å²) in [4.78, 5) is 24.5. The molecule has 0 radical (unpaired) electrons. The number of hydrogen-bond acceptors (Lipinski definition) is 7. The second-order valence-corrected chi connectivity index (χ2v) is 4.92. The summed E-state index contributed by atoms with van der Waals surface area (Å²) < 4.78 is 0. The van der Waals surface area contributed by atoms with Gasteiger partial charge in [0, 0.05) is 31.4 Å². The molecule has 0 saturated heterocycles. The lowest BCUT2D eigenvalue weighted by atomic mass is 10.3. The molecule has 2 aromatic rings. The zero-order valence-corrected chi connectivity index (χ0v) is 12.9. The van der Waals surface area contributed by atoms with Crippen LogP contribution in [0.15, 0.2) is 24.3 Å². The number of nitro groups is 1. The van der Waals surface area contributed by atoms with Crippen molar-refractivity contribution < 1.29 is 4.92 Å². The summed E-state index contributed by atoms with van der Waals surface area (Å²) in [5.41, 5.74) is 0.481. The van der Waals surface area contributed by atoms with Crippen molar-refractivity contribution in [1.29, 1.82) is 0 Å². The molecule has 0 aliphatic carbocycles. The summed E-state index contributed by atoms with van der Waals surface area (Å²) in [7, 11) is 1.85. The number of aromatic nitrogens is 3. The predicted molar refractivity (Wildman–Crippen MR) is 84.8 cm³/mol. The summed E-state index contributed by atoms with van der Waals surface area (Å²) in [6.45, 7) is 2.82. The van der Waals surface area contributed by atoms with Crippen LogP contribution in [-0.2, 0) is 0 Å². The molecule has 0 atom stereocenters. The number of benzene rings is 1. The number of halogens is 1. The third kappa shape index (κ3) is 4.01. The molecule has 0 unspecified atom stereocenters. The van der Waals surface area contributed by atoms with Gasteiger partial charge in [-0.05, 0) is 24.1 Å². The van der Waals surface area contributed by atoms with Gasteiger partial charge in [-0.1, -0.05) is 13.0 Å². The highest BCUT2D eigenvalue weighted by Crippen LogP contribution is 2.21. The van der Waals surface area contributed by atoms with Crippen LogP contribution in [0.1, 0.15) is 13.3 Å². The Hall–Kier alpha value is -2.48. The molecule has 0 aliphatic heterocycles. The van der Waals surface area contributed by atoms with Crippen molar-refractivity contribution in [1.82, 2.24) is 15.0 Å². The van der Waals surface area contributed by atoms with Gasteiger partial charge in [0.1, 0.15) is 0 Å². The number of nitrogens with one attached hydrogen (secondary N) is 1. The largest absolute Gasteiger partial charge is 0.344 e. The number of non-ortho nitro benzene ring substituents is 1. The molecule has 0 fully saturated rings. The molecule has 0 spiro atoms. The van der Waals surface area contributed by atoms with Gasteiger partial charge in [-0.2, -0.15) is 15.0 Å². The fourth-order valence-electron chi connectivity index (χ4n) is 1.83. The van der Waals surface area contributed by atoms with Crippen molar-refractivity contribution in [3.63, 3.8) is 0 Å². The van der Waals surface area contributed by atoms with Crippen molar-refractivity contribution >= 4 is 34.9 Å². The van der Waals surface area contributed by atoms with Gasteiger partial charge >= 0.3 is 0 Å². The molecule has 0 aliphatic rings. The Morgan fingerprint density at radius 3 is 2.82 bits per heavy atom. The van der Waals surface area contributed by atoms with Crippen molar-refractivity contribution in [2.75, 3.05) is 23.8 Å². The number of hydrogen-bond donors (Lipinski definition) is 1. The van der Waals surface area contributed by atoms with E-state index in [2.05, 4.69) is 20.3 Å². The van der Waals surface area contributed by atoms with E-state index >= 15 is 0 Å². The Morgan fingerprint density at radius 2 is 2.14 bits per heavy atom. The minimum Gasteiger partial charge on any atom is -0.344 e. The maximum absolute atomic E-state index is 10.8. The molecule has 0 saturated carbocycles. The fourth-order valence-corrected chi connectivity index (χ4v) is 1.98. The predicted octanol–water partition coefficient (Wildman–Crippen LogP) is 3.02. The highest BCUT2D eigenvalue weighted by atomic mass is 35.5. The molecule has 1 aromatic heterocycles. The quantitative estimate of drug-likeness (QED) is 0.644. The highest BCUT2D eigenvalue weighted by molar-refractivity contribution is 6.28. The van der Waals surface area contributed by atoms with Crippen LogP contribution >= 0.6 is 11.6 Å². The molecule has 1 heterocycles. The van der Waals surface area contributed by atoms with E-state index in [1.54, 1.807) is 12.1 Å². The van der Waals surface area contributed by atoms with E-state index in [0.717, 1.165) is 13.0 Å². The third-order valence-corrected chi connectivity index (χ3v) is 2.98. The Kier molecular flexibility index (Phi) is 5.05. The molecule has 1 aromatic carbocycles. The molecule has 0 amide bonds. The first-order valence-electron chi connectivity index (χ1n) is 6.63. The summed E-state index contributed by atoms with van der Waals surface area (Å²) in [5, 5.41) is 13.7. The Labute approximate surface area is 132 Å². The smallest absolute Gasteiger partial charge is 0.271 e. The third-order valence-electron chi connectivity index (χ3n) is 2.81. The maximum Gasteiger partial charge on any atom is 0.271 e. The van der Waals surface area contributed by atoms with Gasteiger partial charge in [0.15, 0.2) is 0 Å². The normalized spacial score (nSPS) is 10.3. The van der Waals surface area contributed by atoms with E-state index in [4.69, 9.17) is 11.6 Å². The fraction of sp³-hybridized carbons (Fsp3) is 0.308. The molecule has 1 N–H and O–H groups in total. The molecular weight excluding hydrogens is 308 g/mol. The highest BCUT2D eigenvalue weighted by Gasteiger charge is 2.11. The lowest BCUT2D eigenvalue weighted by molar-refractivity contribution is -0.384. The van der Waals surface area contributed by atoms with E-state index in [1.807, 2.05) is 18.9 Å². The minimum absolute atomic E-state index is 0.0199. The van der Waals surface area contributed by atoms with Gasteiger partial charge in [0.2, 0.25) is 17.2 Å². The second-order valence-electron chi connectivity index (χ2n) is 4.58. The summed E-state index contributed by atoms with van der Waals surface area (Å²) in [6.07, 6.45) is 0.938. The monoisotopic (exact) mass is 322 g/mol. The van der Waals surface area contributed by atoms with E-state index in [0.29, 0.717) is 11.6 Å². The first-order chi connectivity index (χ1) is 10.5. The molecule has 9 heteroatoms. The van der Waals surface area contributed by atoms with Gasteiger partial charge < -0.3 is 10.2 Å². The van der Waals surface area contributed by atoms with Crippen LogP contribution in [0.4, 0.5) is 23.3 Å². The molecular formula is C13H15ClN6O2. The molecule has 8 nitrogen and oxygen atoms in total. The van der Waals surface area contributed by atoms with Crippen LogP contribution in [0, 0.1) is 10.1 Å². The van der Waals surface area contributed by atoms with Crippen molar-refractivity contribution in [2.45, 2.75) is 13.3 Å². The summed E-state index contributed by atoms with van der Waals surface area (Å²) >= 11 is 5.91. The van der Waals surface area contributed by atoms with Gasteiger partial charge in [-0.25, -0.2) is 0 Å². The first-order valence-corrected chi connectivity index (χ1v) is 7.01. The molecule has 22 heavy (non-hydrogen) atoms. The average molecular weight is 323 g/mol. The molecule has 116 valence electrons. The van der Waals surface area contributed by atoms with E-state index in [1.165, 1.54) is 12.1 Å². The maximum atomic E-state index is 10.8. The standard InChI is InChI=1S/C13H15ClN6O2/c1-3-7-19(2)13-17-11(14)16-12(18-13)15-9-5-4-6-10(8-9)20(21)22/h4-6,8H,3,7H2,1-2H3,(H,15,16,17,18). The van der Waals surface area contributed by atoms with E-state index in [9.17, 15) is 10.1 Å². The van der Waals surface area contributed by atoms with Crippen LogP contribution in [0.3, 0.4) is 0 Å². The van der Waals surface area contributed by atoms with Gasteiger partial charge in [0.05, 0.1) is 4.92 Å². The van der Waals surface area contributed by atoms with Crippen molar-refractivity contribution in [3.05, 3.63) is 39.7 Å². The minimum atomic E-state index is -0.466. The van der Waals surface area contributed by atoms with Crippen LogP contribution in [0.25, 0.3) is 0 Å². The Morgan fingerprint density at radius 1 is 1.36 bits per heavy atom. The summed E-state index contributed by atoms with van der Waals surface area (Å²) in [6, 6.07) is 6.06. The van der Waals surface area contributed by atoms with Crippen molar-refractivity contribution in [3.8, 4) is 0 Å². The van der Waals surface area contributed by atoms with Crippen LogP contribution in [0.5, 0.6) is 0 Å². The average Bonchev–Trinajstić information content (AvgIpc) is 2.47. The SMILES string of the molecule is CCCN(C)c1nc(Cl)nc(Nc2cccc([N+](=O)[O-])c2)n1. The van der Waals surface area contributed by atoms with Crippen LogP contribution < -0.4 is 10.2 Å². The number of nitrogens with zero attached hydrogens (tertiary/aromatic N) is 5. The Balaban J connectivity index is 2.26. The van der Waals surface area contributed by atoms with Crippen LogP contribution in [0.2, 0.25) is 5.28 Å². The number of rotatable bonds is 6. The zero-order valence-electron chi connectivity index (χ0n) is 12.2. The van der Waals surface area contributed by atoms with Gasteiger partial charge in [-0.15, -0.1) is 0 Å². The Bertz CT molecular complexity index is 681. The van der Waals surface area contributed by atoms with E-state index < -0.39 is 4.92 Å². The lowest BCUT2D eigenvalue weighted by Gasteiger charge is -2.16. The first kappa shape index (κ1) is 15.9. The lowest BCUT2D eigenvalue weighted by Crippen LogP contribution is -2.21. The van der Waals surface area contributed by atoms with Gasteiger partial charge in [-0.3, -0.25) is 10.1 Å². The summed E-state index contributed by atoms with van der Waals surface area (Å²) in [5.74, 6) is 0.674. The van der Waals surface area contributed by atoms with Crippen molar-refractivity contribution in [2.24, 2.45) is 0 Å². The zero-order chi connectivity index (χ0) is 16.1. The number of anilines is 3. The number of nitro benzene ring substituents is 1. The van der Waals surface area contributed by atoms with E-state index in [-0.39, 0.29) is 16.9 Å². The van der Waals surface area contributed by atoms with Crippen LogP contribution in [-0.4, -0.2) is 33.5 Å². The van der Waals surface area contributed by atoms with Gasteiger partial charge in [0.25, 0.3) is 5.69 Å².